The van der Waals surface area contributed by atoms with Crippen molar-refractivity contribution in [1.29, 1.82) is 0 Å². The normalized spacial score (nSPS) is 21.5. The molecule has 2 aromatic rings. The van der Waals surface area contributed by atoms with Crippen molar-refractivity contribution in [2.75, 3.05) is 26.8 Å². The molecule has 0 bridgehead atoms. The van der Waals surface area contributed by atoms with Gasteiger partial charge in [-0.05, 0) is 62.4 Å². The van der Waals surface area contributed by atoms with Crippen molar-refractivity contribution < 1.29 is 33.4 Å². The third kappa shape index (κ3) is 8.35. The van der Waals surface area contributed by atoms with Crippen molar-refractivity contribution in [2.24, 2.45) is 5.92 Å². The topological polar surface area (TPSA) is 114 Å². The molecule has 2 fully saturated rings. The van der Waals surface area contributed by atoms with Gasteiger partial charge < -0.3 is 29.3 Å². The summed E-state index contributed by atoms with van der Waals surface area (Å²) in [5.41, 5.74) is 0.0543. The fraction of sp³-hybridized carbons (Fsp3) is 0.444. The van der Waals surface area contributed by atoms with Crippen LogP contribution in [-0.2, 0) is 25.6 Å². The number of nitrogens with one attached hydrogen (secondary N) is 1. The molecule has 3 amide bonds. The summed E-state index contributed by atoms with van der Waals surface area (Å²) in [6.45, 7) is 10.3. The molecule has 4 rings (SSSR count). The Kier molecular flexibility index (Phi) is 12.0. The van der Waals surface area contributed by atoms with Gasteiger partial charge in [-0.2, -0.15) is 0 Å². The molecule has 2 aliphatic rings. The molecule has 0 spiro atoms. The average Bonchev–Trinajstić information content (AvgIpc) is 3.63. The van der Waals surface area contributed by atoms with Crippen LogP contribution in [0, 0.1) is 5.92 Å². The lowest BCUT2D eigenvalue weighted by Gasteiger charge is -2.32. The maximum absolute atomic E-state index is 14.3. The lowest BCUT2D eigenvalue weighted by atomic mass is 10.1. The molecule has 1 aliphatic carbocycles. The highest BCUT2D eigenvalue weighted by molar-refractivity contribution is 5.95. The van der Waals surface area contributed by atoms with Gasteiger partial charge in [-0.15, -0.1) is 13.2 Å². The number of unbranched alkanes of at least 4 members (excludes halogenated alkanes) is 3. The molecule has 10 heteroatoms. The summed E-state index contributed by atoms with van der Waals surface area (Å²) in [5, 5.41) is 2.89. The Balaban J connectivity index is 1.58. The Hall–Kier alpha value is -4.60. The first-order chi connectivity index (χ1) is 22.3. The standard InChI is InChI=1S/C36H45N3O7/c1-5-8-9-10-14-21-38(24-26-17-19-29(44-4)20-18-26)35(43)39-25-30(46-33(41)27-15-12-11-13-16-27)22-31(39)32(40)37-36(23-28(36)6-2)34(42)45-7-3/h5-6,11-13,15-20,28,30-31H,1-2,7-10,14,21-25H2,3-4H3,(H,37,40). The molecule has 1 heterocycles. The predicted molar refractivity (Wildman–Crippen MR) is 174 cm³/mol. The Labute approximate surface area is 271 Å². The van der Waals surface area contributed by atoms with Crippen molar-refractivity contribution in [1.82, 2.24) is 15.1 Å². The van der Waals surface area contributed by atoms with E-state index in [1.54, 1.807) is 55.3 Å². The number of benzene rings is 2. The van der Waals surface area contributed by atoms with Crippen LogP contribution in [0.1, 0.15) is 61.4 Å². The van der Waals surface area contributed by atoms with Crippen LogP contribution in [0.4, 0.5) is 4.79 Å². The van der Waals surface area contributed by atoms with Gasteiger partial charge in [0.15, 0.2) is 0 Å². The van der Waals surface area contributed by atoms with Crippen LogP contribution in [0.3, 0.4) is 0 Å². The Morgan fingerprint density at radius 1 is 1.04 bits per heavy atom. The number of methoxy groups -OCH3 is 1. The smallest absolute Gasteiger partial charge is 0.338 e. The molecule has 4 unspecified atom stereocenters. The van der Waals surface area contributed by atoms with Crippen molar-refractivity contribution >= 4 is 23.9 Å². The molecule has 2 aromatic carbocycles. The van der Waals surface area contributed by atoms with E-state index in [0.717, 1.165) is 31.2 Å². The number of esters is 2. The summed E-state index contributed by atoms with van der Waals surface area (Å²) >= 11 is 0. The maximum Gasteiger partial charge on any atom is 0.338 e. The number of urea groups is 1. The molecule has 46 heavy (non-hydrogen) atoms. The largest absolute Gasteiger partial charge is 0.497 e. The number of carbonyl (C=O) groups excluding carboxylic acids is 4. The van der Waals surface area contributed by atoms with Crippen LogP contribution >= 0.6 is 0 Å². The number of hydrogen-bond donors (Lipinski definition) is 1. The van der Waals surface area contributed by atoms with E-state index in [2.05, 4.69) is 18.5 Å². The first kappa shape index (κ1) is 34.3. The summed E-state index contributed by atoms with van der Waals surface area (Å²) in [6.07, 6.45) is 6.75. The maximum atomic E-state index is 14.3. The van der Waals surface area contributed by atoms with Gasteiger partial charge in [0.25, 0.3) is 0 Å². The Morgan fingerprint density at radius 2 is 1.78 bits per heavy atom. The van der Waals surface area contributed by atoms with Gasteiger partial charge in [-0.25, -0.2) is 14.4 Å². The highest BCUT2D eigenvalue weighted by Crippen LogP contribution is 2.45. The molecule has 4 atom stereocenters. The van der Waals surface area contributed by atoms with Crippen LogP contribution in [0.25, 0.3) is 0 Å². The molecular weight excluding hydrogens is 586 g/mol. The van der Waals surface area contributed by atoms with Crippen LogP contribution in [-0.4, -0.2) is 78.2 Å². The molecule has 0 aromatic heterocycles. The molecular formula is C36H45N3O7. The SMILES string of the molecule is C=CCCCCCN(Cc1ccc(OC)cc1)C(=O)N1CC(OC(=O)c2ccccc2)CC1C(=O)NC1(C(=O)OCC)CC1C=C. The lowest BCUT2D eigenvalue weighted by Crippen LogP contribution is -2.55. The van der Waals surface area contributed by atoms with Gasteiger partial charge in [0.1, 0.15) is 23.4 Å². The molecule has 1 saturated heterocycles. The summed E-state index contributed by atoms with van der Waals surface area (Å²) in [4.78, 5) is 57.3. The zero-order chi connectivity index (χ0) is 33.1. The van der Waals surface area contributed by atoms with Crippen LogP contribution in [0.2, 0.25) is 0 Å². The van der Waals surface area contributed by atoms with Gasteiger partial charge in [0.05, 0.1) is 25.8 Å². The predicted octanol–water partition coefficient (Wildman–Crippen LogP) is 5.29. The molecule has 1 aliphatic heterocycles. The number of ether oxygens (including phenoxy) is 3. The summed E-state index contributed by atoms with van der Waals surface area (Å²) in [7, 11) is 1.60. The van der Waals surface area contributed by atoms with Crippen molar-refractivity contribution in [2.45, 2.75) is 69.7 Å². The number of nitrogens with zero attached hydrogens (tertiary/aromatic N) is 2. The van der Waals surface area contributed by atoms with E-state index in [9.17, 15) is 19.2 Å². The minimum Gasteiger partial charge on any atom is -0.497 e. The first-order valence-electron chi connectivity index (χ1n) is 15.9. The minimum atomic E-state index is -1.23. The van der Waals surface area contributed by atoms with Crippen LogP contribution in [0.5, 0.6) is 5.75 Å². The van der Waals surface area contributed by atoms with Gasteiger partial charge in [0.2, 0.25) is 5.91 Å². The molecule has 1 N–H and O–H groups in total. The zero-order valence-corrected chi connectivity index (χ0v) is 26.8. The monoisotopic (exact) mass is 631 g/mol. The molecule has 0 radical (unpaired) electrons. The Bertz CT molecular complexity index is 1380. The second-order valence-electron chi connectivity index (χ2n) is 11.7. The number of rotatable bonds is 16. The number of hydrogen-bond acceptors (Lipinski definition) is 7. The number of amides is 3. The van der Waals surface area contributed by atoms with Gasteiger partial charge in [-0.1, -0.05) is 48.9 Å². The molecule has 10 nitrogen and oxygen atoms in total. The summed E-state index contributed by atoms with van der Waals surface area (Å²) in [6, 6.07) is 14.8. The third-order valence-corrected chi connectivity index (χ3v) is 8.52. The van der Waals surface area contributed by atoms with E-state index < -0.39 is 35.5 Å². The second kappa shape index (κ2) is 16.1. The lowest BCUT2D eigenvalue weighted by molar-refractivity contribution is -0.149. The van der Waals surface area contributed by atoms with Gasteiger partial charge in [0, 0.05) is 25.4 Å². The highest BCUT2D eigenvalue weighted by atomic mass is 16.5. The number of carbonyl (C=O) groups is 4. The third-order valence-electron chi connectivity index (χ3n) is 8.52. The van der Waals surface area contributed by atoms with E-state index in [1.165, 1.54) is 4.90 Å². The van der Waals surface area contributed by atoms with E-state index >= 15 is 0 Å². The summed E-state index contributed by atoms with van der Waals surface area (Å²) in [5.74, 6) is -1.14. The zero-order valence-electron chi connectivity index (χ0n) is 26.8. The second-order valence-corrected chi connectivity index (χ2v) is 11.7. The highest BCUT2D eigenvalue weighted by Gasteiger charge is 2.62. The fourth-order valence-corrected chi connectivity index (χ4v) is 5.84. The van der Waals surface area contributed by atoms with E-state index in [-0.39, 0.29) is 31.5 Å². The molecule has 1 saturated carbocycles. The van der Waals surface area contributed by atoms with Crippen LogP contribution in [0.15, 0.2) is 79.9 Å². The quantitative estimate of drug-likeness (QED) is 0.152. The van der Waals surface area contributed by atoms with E-state index in [4.69, 9.17) is 14.2 Å². The van der Waals surface area contributed by atoms with Gasteiger partial charge >= 0.3 is 18.0 Å². The minimum absolute atomic E-state index is 0.0301. The Morgan fingerprint density at radius 3 is 2.41 bits per heavy atom. The fourth-order valence-electron chi connectivity index (χ4n) is 5.84. The van der Waals surface area contributed by atoms with Crippen molar-refractivity contribution in [3.8, 4) is 5.75 Å². The van der Waals surface area contributed by atoms with Crippen LogP contribution < -0.4 is 10.1 Å². The van der Waals surface area contributed by atoms with E-state index in [0.29, 0.717) is 30.8 Å². The number of allylic oxidation sites excluding steroid dienone is 1. The van der Waals surface area contributed by atoms with Gasteiger partial charge in [-0.3, -0.25) is 4.79 Å². The van der Waals surface area contributed by atoms with Crippen molar-refractivity contribution in [3.05, 3.63) is 91.0 Å². The summed E-state index contributed by atoms with van der Waals surface area (Å²) < 4.78 is 16.4. The van der Waals surface area contributed by atoms with Crippen molar-refractivity contribution in [3.63, 3.8) is 0 Å². The molecule has 246 valence electrons. The number of likely N-dealkylation sites (tertiary alicyclic amines) is 1. The average molecular weight is 632 g/mol. The first-order valence-corrected chi connectivity index (χ1v) is 15.9. The van der Waals surface area contributed by atoms with E-state index in [1.807, 2.05) is 30.3 Å².